The smallest absolute Gasteiger partial charge is 0.255 e. The Labute approximate surface area is 126 Å². The van der Waals surface area contributed by atoms with Gasteiger partial charge in [-0.25, -0.2) is 4.39 Å². The van der Waals surface area contributed by atoms with Crippen LogP contribution in [0.2, 0.25) is 0 Å². The van der Waals surface area contributed by atoms with Crippen LogP contribution in [0.4, 0.5) is 10.1 Å². The molecular weight excluding hydrogens is 321 g/mol. The predicted molar refractivity (Wildman–Crippen MR) is 82.6 cm³/mol. The number of halogens is 2. The van der Waals surface area contributed by atoms with Crippen LogP contribution in [0, 0.1) is 12.7 Å². The second kappa shape index (κ2) is 6.18. The molecule has 0 aliphatic heterocycles. The summed E-state index contributed by atoms with van der Waals surface area (Å²) in [6.45, 7) is 3.96. The first-order valence-electron chi connectivity index (χ1n) is 6.37. The molecular formula is C16H15BrFNO. The van der Waals surface area contributed by atoms with Crippen LogP contribution in [-0.2, 0) is 6.42 Å². The Hall–Kier alpha value is -1.68. The molecule has 104 valence electrons. The number of carbonyl (C=O) groups is 1. The number of nitrogens with one attached hydrogen (secondary N) is 1. The Morgan fingerprint density at radius 2 is 2.05 bits per heavy atom. The van der Waals surface area contributed by atoms with E-state index in [0.717, 1.165) is 27.7 Å². The molecule has 0 spiro atoms. The highest BCUT2D eigenvalue weighted by Crippen LogP contribution is 2.26. The minimum atomic E-state index is -0.416. The first kappa shape index (κ1) is 14.7. The zero-order chi connectivity index (χ0) is 14.7. The van der Waals surface area contributed by atoms with Crippen molar-refractivity contribution in [3.63, 3.8) is 0 Å². The molecule has 0 unspecified atom stereocenters. The SMILES string of the molecule is CCc1cc(Br)cc(C)c1NC(=O)c1cccc(F)c1. The zero-order valence-corrected chi connectivity index (χ0v) is 12.9. The predicted octanol–water partition coefficient (Wildman–Crippen LogP) is 4.71. The van der Waals surface area contributed by atoms with Gasteiger partial charge in [-0.1, -0.05) is 28.9 Å². The van der Waals surface area contributed by atoms with E-state index in [1.807, 2.05) is 26.0 Å². The highest BCUT2D eigenvalue weighted by atomic mass is 79.9. The molecule has 0 atom stereocenters. The van der Waals surface area contributed by atoms with Gasteiger partial charge in [0.2, 0.25) is 0 Å². The van der Waals surface area contributed by atoms with Crippen molar-refractivity contribution in [2.45, 2.75) is 20.3 Å². The van der Waals surface area contributed by atoms with Crippen LogP contribution in [0.5, 0.6) is 0 Å². The molecule has 4 heteroatoms. The van der Waals surface area contributed by atoms with Crippen LogP contribution >= 0.6 is 15.9 Å². The second-order valence-electron chi connectivity index (χ2n) is 4.57. The van der Waals surface area contributed by atoms with Crippen molar-refractivity contribution in [1.82, 2.24) is 0 Å². The number of carbonyl (C=O) groups excluding carboxylic acids is 1. The quantitative estimate of drug-likeness (QED) is 0.864. The topological polar surface area (TPSA) is 29.1 Å². The third kappa shape index (κ3) is 3.25. The Morgan fingerprint density at radius 1 is 1.30 bits per heavy atom. The lowest BCUT2D eigenvalue weighted by Gasteiger charge is -2.14. The summed E-state index contributed by atoms with van der Waals surface area (Å²) in [7, 11) is 0. The van der Waals surface area contributed by atoms with Gasteiger partial charge in [0.1, 0.15) is 5.82 Å². The number of amides is 1. The molecule has 2 nitrogen and oxygen atoms in total. The molecule has 2 rings (SSSR count). The van der Waals surface area contributed by atoms with Crippen LogP contribution in [0.25, 0.3) is 0 Å². The highest BCUT2D eigenvalue weighted by Gasteiger charge is 2.12. The largest absolute Gasteiger partial charge is 0.321 e. The number of rotatable bonds is 3. The molecule has 0 radical (unpaired) electrons. The molecule has 0 aliphatic carbocycles. The molecule has 0 aromatic heterocycles. The van der Waals surface area contributed by atoms with E-state index in [4.69, 9.17) is 0 Å². The van der Waals surface area contributed by atoms with Crippen molar-refractivity contribution in [2.75, 3.05) is 5.32 Å². The number of benzene rings is 2. The van der Waals surface area contributed by atoms with E-state index in [-0.39, 0.29) is 5.91 Å². The summed E-state index contributed by atoms with van der Waals surface area (Å²) in [4.78, 5) is 12.2. The normalized spacial score (nSPS) is 10.4. The van der Waals surface area contributed by atoms with Crippen LogP contribution in [0.3, 0.4) is 0 Å². The van der Waals surface area contributed by atoms with E-state index in [0.29, 0.717) is 5.56 Å². The number of hydrogen-bond acceptors (Lipinski definition) is 1. The summed E-state index contributed by atoms with van der Waals surface area (Å²) < 4.78 is 14.1. The Morgan fingerprint density at radius 3 is 2.70 bits per heavy atom. The molecule has 0 heterocycles. The van der Waals surface area contributed by atoms with Gasteiger partial charge in [-0.3, -0.25) is 4.79 Å². The molecule has 0 saturated heterocycles. The summed E-state index contributed by atoms with van der Waals surface area (Å²) in [6.07, 6.45) is 0.805. The average Bonchev–Trinajstić information content (AvgIpc) is 2.41. The third-order valence-corrected chi connectivity index (χ3v) is 3.55. The van der Waals surface area contributed by atoms with E-state index in [9.17, 15) is 9.18 Å². The van der Waals surface area contributed by atoms with E-state index in [1.165, 1.54) is 18.2 Å². The monoisotopic (exact) mass is 335 g/mol. The minimum absolute atomic E-state index is 0.301. The fraction of sp³-hybridized carbons (Fsp3) is 0.188. The van der Waals surface area contributed by atoms with Crippen molar-refractivity contribution in [1.29, 1.82) is 0 Å². The van der Waals surface area contributed by atoms with Crippen molar-refractivity contribution in [3.8, 4) is 0 Å². The molecule has 0 bridgehead atoms. The maximum Gasteiger partial charge on any atom is 0.255 e. The van der Waals surface area contributed by atoms with Gasteiger partial charge in [0.15, 0.2) is 0 Å². The summed E-state index contributed by atoms with van der Waals surface area (Å²) in [6, 6.07) is 9.60. The molecule has 1 N–H and O–H groups in total. The number of anilines is 1. The summed E-state index contributed by atoms with van der Waals surface area (Å²) >= 11 is 3.45. The van der Waals surface area contributed by atoms with Gasteiger partial charge in [0, 0.05) is 15.7 Å². The fourth-order valence-corrected chi connectivity index (χ4v) is 2.71. The van der Waals surface area contributed by atoms with E-state index in [2.05, 4.69) is 21.2 Å². The second-order valence-corrected chi connectivity index (χ2v) is 5.49. The van der Waals surface area contributed by atoms with Crippen LogP contribution in [-0.4, -0.2) is 5.91 Å². The lowest BCUT2D eigenvalue weighted by molar-refractivity contribution is 0.102. The lowest BCUT2D eigenvalue weighted by Crippen LogP contribution is -2.14. The van der Waals surface area contributed by atoms with Gasteiger partial charge in [-0.05, 0) is 54.8 Å². The fourth-order valence-electron chi connectivity index (χ4n) is 2.09. The van der Waals surface area contributed by atoms with Crippen molar-refractivity contribution in [3.05, 3.63) is 63.4 Å². The third-order valence-electron chi connectivity index (χ3n) is 3.09. The van der Waals surface area contributed by atoms with Crippen molar-refractivity contribution in [2.24, 2.45) is 0 Å². The number of aryl methyl sites for hydroxylation is 2. The molecule has 0 saturated carbocycles. The van der Waals surface area contributed by atoms with Gasteiger partial charge in [0.25, 0.3) is 5.91 Å². The zero-order valence-electron chi connectivity index (χ0n) is 11.3. The van der Waals surface area contributed by atoms with Crippen LogP contribution in [0.15, 0.2) is 40.9 Å². The van der Waals surface area contributed by atoms with Gasteiger partial charge in [-0.15, -0.1) is 0 Å². The molecule has 0 aliphatic rings. The number of hydrogen-bond donors (Lipinski definition) is 1. The Bertz CT molecular complexity index is 655. The lowest BCUT2D eigenvalue weighted by atomic mass is 10.1. The van der Waals surface area contributed by atoms with Gasteiger partial charge in [0.05, 0.1) is 0 Å². The van der Waals surface area contributed by atoms with Crippen molar-refractivity contribution >= 4 is 27.5 Å². The Kier molecular flexibility index (Phi) is 4.55. The maximum absolute atomic E-state index is 13.2. The van der Waals surface area contributed by atoms with Gasteiger partial charge in [-0.2, -0.15) is 0 Å². The molecule has 2 aromatic rings. The van der Waals surface area contributed by atoms with Gasteiger partial charge >= 0.3 is 0 Å². The van der Waals surface area contributed by atoms with E-state index in [1.54, 1.807) is 6.07 Å². The summed E-state index contributed by atoms with van der Waals surface area (Å²) in [5.74, 6) is -0.717. The van der Waals surface area contributed by atoms with E-state index < -0.39 is 5.82 Å². The molecule has 0 fully saturated rings. The standard InChI is InChI=1S/C16H15BrFNO/c1-3-11-8-13(17)7-10(2)15(11)19-16(20)12-5-4-6-14(18)9-12/h4-9H,3H2,1-2H3,(H,19,20). The van der Waals surface area contributed by atoms with Gasteiger partial charge < -0.3 is 5.32 Å². The van der Waals surface area contributed by atoms with Crippen molar-refractivity contribution < 1.29 is 9.18 Å². The molecule has 1 amide bonds. The highest BCUT2D eigenvalue weighted by molar-refractivity contribution is 9.10. The average molecular weight is 336 g/mol. The Balaban J connectivity index is 2.32. The maximum atomic E-state index is 13.2. The van der Waals surface area contributed by atoms with Crippen LogP contribution < -0.4 is 5.32 Å². The summed E-state index contributed by atoms with van der Waals surface area (Å²) in [5.41, 5.74) is 3.13. The van der Waals surface area contributed by atoms with Crippen LogP contribution in [0.1, 0.15) is 28.4 Å². The molecule has 2 aromatic carbocycles. The van der Waals surface area contributed by atoms with E-state index >= 15 is 0 Å². The first-order valence-corrected chi connectivity index (χ1v) is 7.16. The molecule has 20 heavy (non-hydrogen) atoms. The minimum Gasteiger partial charge on any atom is -0.321 e. The summed E-state index contributed by atoms with van der Waals surface area (Å²) in [5, 5.41) is 2.87. The first-order chi connectivity index (χ1) is 9.51.